The summed E-state index contributed by atoms with van der Waals surface area (Å²) in [5.74, 6) is 1.66. The van der Waals surface area contributed by atoms with Gasteiger partial charge in [0.2, 0.25) is 0 Å². The minimum absolute atomic E-state index is 0.0942. The van der Waals surface area contributed by atoms with E-state index in [4.69, 9.17) is 11.5 Å². The molecule has 4 aromatic heterocycles. The number of rotatable bonds is 10. The van der Waals surface area contributed by atoms with Crippen molar-refractivity contribution < 1.29 is 35.8 Å². The van der Waals surface area contributed by atoms with E-state index in [0.717, 1.165) is 11.4 Å². The molecule has 4 heterocycles. The number of hydrogen-bond donors (Lipinski definition) is 2. The SMILES string of the molecule is CC(C)n1nc(-c2cnc(N)c(OC(F)F)c2)cc1C1[C@H]2CC(F)C[C@@H]12.CC(C)n1nc(-c2cnc(N)c(OC(F)F)c2)cc1C1[C@H]2CC(F)C[C@@H]12. The van der Waals surface area contributed by atoms with Crippen LogP contribution in [0.3, 0.4) is 0 Å². The molecule has 4 saturated carbocycles. The first-order valence-electron chi connectivity index (χ1n) is 17.6. The summed E-state index contributed by atoms with van der Waals surface area (Å²) in [6.45, 7) is 2.17. The first-order chi connectivity index (χ1) is 24.7. The van der Waals surface area contributed by atoms with Gasteiger partial charge in [0.05, 0.1) is 11.4 Å². The highest BCUT2D eigenvalue weighted by Gasteiger charge is 2.59. The second kappa shape index (κ2) is 13.8. The summed E-state index contributed by atoms with van der Waals surface area (Å²) in [6, 6.07) is 7.04. The minimum Gasteiger partial charge on any atom is -0.431 e. The highest BCUT2D eigenvalue weighted by atomic mass is 19.3. The van der Waals surface area contributed by atoms with Crippen LogP contribution in [0.4, 0.5) is 38.0 Å². The molecule has 4 aliphatic carbocycles. The van der Waals surface area contributed by atoms with Gasteiger partial charge in [-0.25, -0.2) is 18.7 Å². The van der Waals surface area contributed by atoms with Crippen LogP contribution in [0.2, 0.25) is 0 Å². The van der Waals surface area contributed by atoms with Gasteiger partial charge in [0.1, 0.15) is 12.3 Å². The smallest absolute Gasteiger partial charge is 0.387 e. The number of anilines is 2. The van der Waals surface area contributed by atoms with Crippen LogP contribution < -0.4 is 20.9 Å². The Hall–Kier alpha value is -4.50. The van der Waals surface area contributed by atoms with Crippen molar-refractivity contribution in [2.75, 3.05) is 11.5 Å². The lowest BCUT2D eigenvalue weighted by Crippen LogP contribution is -2.09. The molecule has 8 rings (SSSR count). The molecule has 4 aromatic rings. The zero-order chi connectivity index (χ0) is 37.2. The molecule has 0 saturated heterocycles. The number of ether oxygens (including phenoxy) is 2. The quantitative estimate of drug-likeness (QED) is 0.156. The Labute approximate surface area is 296 Å². The van der Waals surface area contributed by atoms with Gasteiger partial charge < -0.3 is 20.9 Å². The molecule has 0 radical (unpaired) electrons. The van der Waals surface area contributed by atoms with E-state index in [1.807, 2.05) is 49.2 Å². The second-order valence-electron chi connectivity index (χ2n) is 14.8. The average Bonchev–Trinajstić information content (AvgIpc) is 3.53. The Balaban J connectivity index is 0.000000162. The summed E-state index contributed by atoms with van der Waals surface area (Å²) < 4.78 is 89.8. The molecule has 4 N–H and O–H groups in total. The molecular weight excluding hydrogens is 690 g/mol. The number of nitrogen functional groups attached to an aromatic ring is 2. The normalized spacial score (nSPS) is 27.2. The Bertz CT molecular complexity index is 1760. The van der Waals surface area contributed by atoms with Crippen molar-refractivity contribution in [2.24, 2.45) is 23.7 Å². The fraction of sp³-hybridized carbons (Fsp3) is 0.556. The molecule has 8 atom stereocenters. The first-order valence-corrected chi connectivity index (χ1v) is 17.6. The van der Waals surface area contributed by atoms with Gasteiger partial charge in [0.25, 0.3) is 0 Å². The number of pyridine rings is 2. The molecule has 0 spiro atoms. The molecule has 16 heteroatoms. The van der Waals surface area contributed by atoms with Crippen LogP contribution in [-0.4, -0.2) is 55.1 Å². The van der Waals surface area contributed by atoms with Crippen LogP contribution in [0.25, 0.3) is 22.5 Å². The fourth-order valence-electron chi connectivity index (χ4n) is 8.42. The zero-order valence-electron chi connectivity index (χ0n) is 29.1. The van der Waals surface area contributed by atoms with Crippen LogP contribution in [0.5, 0.6) is 11.5 Å². The molecule has 10 nitrogen and oxygen atoms in total. The van der Waals surface area contributed by atoms with Gasteiger partial charge in [-0.15, -0.1) is 0 Å². The predicted octanol–water partition coefficient (Wildman–Crippen LogP) is 8.34. The lowest BCUT2D eigenvalue weighted by Gasteiger charge is -2.12. The number of nitrogens with two attached hydrogens (primary N) is 2. The summed E-state index contributed by atoms with van der Waals surface area (Å²) >= 11 is 0. The second-order valence-corrected chi connectivity index (χ2v) is 14.8. The number of fused-ring (bicyclic) bond motifs is 2. The van der Waals surface area contributed by atoms with E-state index >= 15 is 0 Å². The van der Waals surface area contributed by atoms with Gasteiger partial charge in [0, 0.05) is 58.8 Å². The standard InChI is InChI=1S/2C18H21F3N4O/c2*1-8(2)25-14(16-11-4-10(19)5-12(11)16)6-13(24-25)9-3-15(26-18(20)21)17(22)23-7-9/h2*3,6-8,10-12,16,18H,4-5H2,1-2H3,(H2,22,23)/t2*10?,11-,12+,16?. The highest BCUT2D eigenvalue weighted by Crippen LogP contribution is 2.65. The van der Waals surface area contributed by atoms with E-state index in [0.29, 0.717) is 83.7 Å². The van der Waals surface area contributed by atoms with Crippen molar-refractivity contribution in [2.45, 2.75) is 103 Å². The van der Waals surface area contributed by atoms with Crippen molar-refractivity contribution >= 4 is 11.6 Å². The Morgan fingerprint density at radius 3 is 1.27 bits per heavy atom. The largest absolute Gasteiger partial charge is 0.431 e. The number of hydrogen-bond acceptors (Lipinski definition) is 8. The van der Waals surface area contributed by atoms with Crippen molar-refractivity contribution in [3.8, 4) is 34.0 Å². The first kappa shape index (κ1) is 35.9. The minimum atomic E-state index is -2.97. The molecule has 0 bridgehead atoms. The maximum absolute atomic E-state index is 13.5. The summed E-state index contributed by atoms with van der Waals surface area (Å²) in [7, 11) is 0. The van der Waals surface area contributed by atoms with Crippen LogP contribution in [0, 0.1) is 23.7 Å². The zero-order valence-corrected chi connectivity index (χ0v) is 29.1. The van der Waals surface area contributed by atoms with E-state index in [9.17, 15) is 26.3 Å². The van der Waals surface area contributed by atoms with Crippen LogP contribution in [0.15, 0.2) is 36.7 Å². The van der Waals surface area contributed by atoms with Crippen LogP contribution in [-0.2, 0) is 0 Å². The maximum atomic E-state index is 13.5. The third-order valence-corrected chi connectivity index (χ3v) is 10.8. The number of aromatic nitrogens is 6. The highest BCUT2D eigenvalue weighted by molar-refractivity contribution is 5.65. The molecule has 280 valence electrons. The Morgan fingerprint density at radius 1 is 0.615 bits per heavy atom. The van der Waals surface area contributed by atoms with Gasteiger partial charge in [0.15, 0.2) is 23.1 Å². The maximum Gasteiger partial charge on any atom is 0.387 e. The third-order valence-electron chi connectivity index (χ3n) is 10.8. The molecule has 4 aliphatic rings. The van der Waals surface area contributed by atoms with E-state index in [-0.39, 0.29) is 35.2 Å². The lowest BCUT2D eigenvalue weighted by molar-refractivity contribution is -0.0501. The van der Waals surface area contributed by atoms with Gasteiger partial charge in [-0.1, -0.05) is 0 Å². The Morgan fingerprint density at radius 2 is 0.962 bits per heavy atom. The summed E-state index contributed by atoms with van der Waals surface area (Å²) in [5, 5.41) is 9.27. The van der Waals surface area contributed by atoms with Gasteiger partial charge in [-0.2, -0.15) is 27.8 Å². The van der Waals surface area contributed by atoms with Gasteiger partial charge in [-0.05, 0) is 101 Å². The van der Waals surface area contributed by atoms with E-state index in [1.54, 1.807) is 0 Å². The summed E-state index contributed by atoms with van der Waals surface area (Å²) in [5.41, 5.74) is 15.7. The molecule has 0 aromatic carbocycles. The monoisotopic (exact) mass is 732 g/mol. The lowest BCUT2D eigenvalue weighted by atomic mass is 10.1. The van der Waals surface area contributed by atoms with Crippen molar-refractivity contribution in [1.82, 2.24) is 29.5 Å². The van der Waals surface area contributed by atoms with Gasteiger partial charge in [-0.3, -0.25) is 9.36 Å². The predicted molar refractivity (Wildman–Crippen MR) is 181 cm³/mol. The van der Waals surface area contributed by atoms with Crippen molar-refractivity contribution in [3.05, 3.63) is 48.0 Å². The molecule has 52 heavy (non-hydrogen) atoms. The molecule has 0 amide bonds. The average molecular weight is 733 g/mol. The van der Waals surface area contributed by atoms with E-state index in [2.05, 4.69) is 29.6 Å². The summed E-state index contributed by atoms with van der Waals surface area (Å²) in [4.78, 5) is 7.88. The van der Waals surface area contributed by atoms with Crippen molar-refractivity contribution in [3.63, 3.8) is 0 Å². The van der Waals surface area contributed by atoms with Crippen LogP contribution in [0.1, 0.15) is 88.7 Å². The molecule has 0 aliphatic heterocycles. The van der Waals surface area contributed by atoms with Crippen molar-refractivity contribution in [1.29, 1.82) is 0 Å². The number of nitrogens with zero attached hydrogens (tertiary/aromatic N) is 6. The number of halogens is 6. The molecular formula is C36H42F6N8O2. The molecule has 4 fully saturated rings. The third kappa shape index (κ3) is 6.99. The van der Waals surface area contributed by atoms with Crippen LogP contribution >= 0.6 is 0 Å². The summed E-state index contributed by atoms with van der Waals surface area (Å²) in [6.07, 6.45) is 4.07. The topological polar surface area (TPSA) is 132 Å². The Kier molecular flexibility index (Phi) is 9.53. The molecule has 4 unspecified atom stereocenters. The van der Waals surface area contributed by atoms with E-state index in [1.165, 1.54) is 24.5 Å². The van der Waals surface area contributed by atoms with E-state index < -0.39 is 25.6 Å². The van der Waals surface area contributed by atoms with Gasteiger partial charge >= 0.3 is 13.2 Å². The fourth-order valence-corrected chi connectivity index (χ4v) is 8.42. The number of alkyl halides is 6.